The van der Waals surface area contributed by atoms with Gasteiger partial charge in [-0.05, 0) is 36.6 Å². The third-order valence-corrected chi connectivity index (χ3v) is 3.33. The highest BCUT2D eigenvalue weighted by Gasteiger charge is 2.24. The van der Waals surface area contributed by atoms with Crippen molar-refractivity contribution in [2.45, 2.75) is 13.8 Å². The highest BCUT2D eigenvalue weighted by molar-refractivity contribution is 5.76. The van der Waals surface area contributed by atoms with Crippen molar-refractivity contribution in [3.05, 3.63) is 59.2 Å². The van der Waals surface area contributed by atoms with Crippen LogP contribution < -0.4 is 0 Å². The molecule has 0 fully saturated rings. The molecule has 1 aliphatic carbocycles. The minimum absolute atomic E-state index is 0.106. The van der Waals surface area contributed by atoms with Crippen LogP contribution in [0.25, 0.3) is 0 Å². The van der Waals surface area contributed by atoms with Gasteiger partial charge in [0.05, 0.1) is 13.0 Å². The van der Waals surface area contributed by atoms with Gasteiger partial charge in [-0.15, -0.1) is 0 Å². The summed E-state index contributed by atoms with van der Waals surface area (Å²) >= 11 is 0. The Morgan fingerprint density at radius 1 is 1.30 bits per heavy atom. The first-order chi connectivity index (χ1) is 9.60. The fraction of sp³-hybridized carbons (Fsp3) is 0.278. The third kappa shape index (κ3) is 3.39. The van der Waals surface area contributed by atoms with E-state index in [4.69, 9.17) is 4.74 Å². The van der Waals surface area contributed by atoms with E-state index in [2.05, 4.69) is 17.9 Å². The van der Waals surface area contributed by atoms with Crippen LogP contribution in [0.1, 0.15) is 18.1 Å². The molecule has 1 aromatic carbocycles. The van der Waals surface area contributed by atoms with Gasteiger partial charge in [0.15, 0.2) is 0 Å². The molecule has 0 saturated carbocycles. The van der Waals surface area contributed by atoms with Crippen LogP contribution in [0.3, 0.4) is 0 Å². The van der Waals surface area contributed by atoms with Crippen molar-refractivity contribution in [1.29, 1.82) is 0 Å². The molecule has 0 radical (unpaired) electrons. The maximum Gasteiger partial charge on any atom is 0.313 e. The van der Waals surface area contributed by atoms with E-state index >= 15 is 0 Å². The molecule has 0 bridgehead atoms. The van der Waals surface area contributed by atoms with Crippen LogP contribution in [0.15, 0.2) is 48.1 Å². The van der Waals surface area contributed by atoms with E-state index in [-0.39, 0.29) is 17.8 Å². The molecule has 2 unspecified atom stereocenters. The second-order valence-electron chi connectivity index (χ2n) is 5.01. The number of hydrogen-bond donors (Lipinski definition) is 0. The van der Waals surface area contributed by atoms with Gasteiger partial charge in [-0.1, -0.05) is 43.0 Å². The molecule has 0 N–H and O–H groups in total. The van der Waals surface area contributed by atoms with E-state index in [0.717, 1.165) is 11.1 Å². The van der Waals surface area contributed by atoms with Crippen LogP contribution in [0.5, 0.6) is 0 Å². The molecule has 0 aliphatic heterocycles. The highest BCUT2D eigenvalue weighted by Crippen LogP contribution is 2.23. The summed E-state index contributed by atoms with van der Waals surface area (Å²) in [7, 11) is 1.42. The van der Waals surface area contributed by atoms with E-state index in [0.29, 0.717) is 0 Å². The largest absolute Gasteiger partial charge is 0.469 e. The van der Waals surface area contributed by atoms with Gasteiger partial charge in [-0.3, -0.25) is 4.79 Å². The number of allylic oxidation sites excluding steroid dienone is 3. The van der Waals surface area contributed by atoms with Crippen LogP contribution in [0.2, 0.25) is 0 Å². The second-order valence-corrected chi connectivity index (χ2v) is 5.01. The monoisotopic (exact) mass is 266 g/mol. The molecule has 0 spiro atoms. The summed E-state index contributed by atoms with van der Waals surface area (Å²) in [5.41, 5.74) is 3.14. The van der Waals surface area contributed by atoms with Gasteiger partial charge in [0.2, 0.25) is 0 Å². The number of esters is 1. The zero-order chi connectivity index (χ0) is 14.5. The van der Waals surface area contributed by atoms with Gasteiger partial charge in [0.25, 0.3) is 0 Å². The van der Waals surface area contributed by atoms with Crippen LogP contribution in [-0.4, -0.2) is 13.1 Å². The van der Waals surface area contributed by atoms with E-state index < -0.39 is 0 Å². The number of rotatable bonds is 1. The number of carbonyl (C=O) groups is 1. The standard InChI is InChI=1S/C18H18O2/c1-13-5-4-6-15(11-13)7-8-16-9-10-17(14(2)12-16)18(19)20-3/h4-6,9-12,14,17H,1-3H3. The normalized spacial score (nSPS) is 20.6. The number of benzene rings is 1. The molecular weight excluding hydrogens is 248 g/mol. The highest BCUT2D eigenvalue weighted by atomic mass is 16.5. The van der Waals surface area contributed by atoms with Crippen molar-refractivity contribution in [2.24, 2.45) is 11.8 Å². The summed E-state index contributed by atoms with van der Waals surface area (Å²) in [5, 5.41) is 0. The van der Waals surface area contributed by atoms with Gasteiger partial charge in [0.1, 0.15) is 0 Å². The summed E-state index contributed by atoms with van der Waals surface area (Å²) in [6, 6.07) is 8.10. The number of methoxy groups -OCH3 is 1. The number of aryl methyl sites for hydroxylation is 1. The predicted octanol–water partition coefficient (Wildman–Crippen LogP) is 3.27. The van der Waals surface area contributed by atoms with Crippen LogP contribution in [0.4, 0.5) is 0 Å². The number of hydrogen-bond acceptors (Lipinski definition) is 2. The molecule has 2 heteroatoms. The summed E-state index contributed by atoms with van der Waals surface area (Å²) in [6.45, 7) is 4.05. The molecule has 1 aromatic rings. The molecule has 102 valence electrons. The maximum absolute atomic E-state index is 11.6. The quantitative estimate of drug-likeness (QED) is 0.576. The first-order valence-corrected chi connectivity index (χ1v) is 6.66. The molecule has 0 heterocycles. The number of carbonyl (C=O) groups excluding carboxylic acids is 1. The average Bonchev–Trinajstić information content (AvgIpc) is 2.44. The van der Waals surface area contributed by atoms with E-state index in [1.165, 1.54) is 12.7 Å². The second kappa shape index (κ2) is 6.25. The molecule has 2 rings (SSSR count). The Morgan fingerprint density at radius 3 is 2.75 bits per heavy atom. The fourth-order valence-electron chi connectivity index (χ4n) is 2.20. The van der Waals surface area contributed by atoms with Gasteiger partial charge in [-0.2, -0.15) is 0 Å². The topological polar surface area (TPSA) is 26.3 Å². The van der Waals surface area contributed by atoms with Gasteiger partial charge >= 0.3 is 5.97 Å². The molecular formula is C18H18O2. The first kappa shape index (κ1) is 14.1. The van der Waals surface area contributed by atoms with Gasteiger partial charge in [-0.25, -0.2) is 0 Å². The summed E-state index contributed by atoms with van der Waals surface area (Å²) in [5.74, 6) is 6.00. The van der Waals surface area contributed by atoms with Crippen molar-refractivity contribution < 1.29 is 9.53 Å². The fourth-order valence-corrected chi connectivity index (χ4v) is 2.20. The Morgan fingerprint density at radius 2 is 2.10 bits per heavy atom. The van der Waals surface area contributed by atoms with Crippen LogP contribution in [0, 0.1) is 30.6 Å². The lowest BCUT2D eigenvalue weighted by Crippen LogP contribution is -2.22. The Labute approximate surface area is 120 Å². The zero-order valence-electron chi connectivity index (χ0n) is 12.0. The van der Waals surface area contributed by atoms with Crippen LogP contribution >= 0.6 is 0 Å². The summed E-state index contributed by atoms with van der Waals surface area (Å²) < 4.78 is 4.78. The maximum atomic E-state index is 11.6. The van der Waals surface area contributed by atoms with Crippen molar-refractivity contribution in [3.8, 4) is 11.8 Å². The van der Waals surface area contributed by atoms with Crippen molar-refractivity contribution in [2.75, 3.05) is 7.11 Å². The predicted molar refractivity (Wildman–Crippen MR) is 80.0 cm³/mol. The van der Waals surface area contributed by atoms with Gasteiger partial charge < -0.3 is 4.74 Å². The Kier molecular flexibility index (Phi) is 4.42. The Balaban J connectivity index is 2.14. The summed E-state index contributed by atoms with van der Waals surface area (Å²) in [6.07, 6.45) is 5.78. The smallest absolute Gasteiger partial charge is 0.313 e. The molecule has 0 aromatic heterocycles. The third-order valence-electron chi connectivity index (χ3n) is 3.33. The average molecular weight is 266 g/mol. The molecule has 20 heavy (non-hydrogen) atoms. The summed E-state index contributed by atoms with van der Waals surface area (Å²) in [4.78, 5) is 11.6. The first-order valence-electron chi connectivity index (χ1n) is 6.66. The lowest BCUT2D eigenvalue weighted by molar-refractivity contribution is -0.144. The molecule has 2 atom stereocenters. The lowest BCUT2D eigenvalue weighted by Gasteiger charge is -2.18. The molecule has 0 amide bonds. The molecule has 1 aliphatic rings. The zero-order valence-corrected chi connectivity index (χ0v) is 12.0. The minimum Gasteiger partial charge on any atom is -0.469 e. The SMILES string of the molecule is COC(=O)C1C=CC(C#Cc2cccc(C)c2)=CC1C. The minimum atomic E-state index is -0.204. The lowest BCUT2D eigenvalue weighted by atomic mass is 9.87. The number of ether oxygens (including phenoxy) is 1. The van der Waals surface area contributed by atoms with Crippen molar-refractivity contribution in [3.63, 3.8) is 0 Å². The van der Waals surface area contributed by atoms with Crippen molar-refractivity contribution >= 4 is 5.97 Å². The molecule has 2 nitrogen and oxygen atoms in total. The van der Waals surface area contributed by atoms with Crippen molar-refractivity contribution in [1.82, 2.24) is 0 Å². The molecule has 0 saturated heterocycles. The Hall–Kier alpha value is -2.27. The van der Waals surface area contributed by atoms with E-state index in [1.807, 2.05) is 50.3 Å². The van der Waals surface area contributed by atoms with E-state index in [9.17, 15) is 4.79 Å². The van der Waals surface area contributed by atoms with Gasteiger partial charge in [0, 0.05) is 11.1 Å². The van der Waals surface area contributed by atoms with E-state index in [1.54, 1.807) is 0 Å². The van der Waals surface area contributed by atoms with Crippen LogP contribution in [-0.2, 0) is 9.53 Å². The Bertz CT molecular complexity index is 626.